The molecule has 0 amide bonds. The van der Waals surface area contributed by atoms with Gasteiger partial charge in [-0.05, 0) is 31.5 Å². The van der Waals surface area contributed by atoms with E-state index in [2.05, 4.69) is 15.5 Å². The molecule has 1 N–H and O–H groups in total. The van der Waals surface area contributed by atoms with Crippen molar-refractivity contribution in [1.82, 2.24) is 10.2 Å². The van der Waals surface area contributed by atoms with E-state index in [0.717, 1.165) is 22.0 Å². The van der Waals surface area contributed by atoms with Gasteiger partial charge in [0.2, 0.25) is 0 Å². The Balaban J connectivity index is 1.97. The van der Waals surface area contributed by atoms with Gasteiger partial charge in [-0.15, -0.1) is 5.10 Å². The number of nitrogens with zero attached hydrogens (tertiary/aromatic N) is 2. The van der Waals surface area contributed by atoms with Crippen LogP contribution in [-0.4, -0.2) is 10.2 Å². The largest absolute Gasteiger partial charge is 0.362 e. The van der Waals surface area contributed by atoms with Crippen LogP contribution in [0.25, 0.3) is 10.8 Å². The smallest absolute Gasteiger partial charge is 0.157 e. The fourth-order valence-electron chi connectivity index (χ4n) is 2.41. The topological polar surface area (TPSA) is 37.8 Å². The Hall–Kier alpha value is -2.49. The molecular formula is C17H16FN3. The molecule has 0 aliphatic heterocycles. The minimum absolute atomic E-state index is 0.0545. The summed E-state index contributed by atoms with van der Waals surface area (Å²) in [6, 6.07) is 14.5. The van der Waals surface area contributed by atoms with Gasteiger partial charge in [-0.3, -0.25) is 0 Å². The summed E-state index contributed by atoms with van der Waals surface area (Å²) in [6.07, 6.45) is 0. The van der Waals surface area contributed by atoms with Gasteiger partial charge < -0.3 is 5.32 Å². The van der Waals surface area contributed by atoms with Gasteiger partial charge in [0.25, 0.3) is 0 Å². The SMILES string of the molecule is Cc1nnc(NC(C)c2cccc(F)c2)c2ccccc12. The molecule has 106 valence electrons. The molecular weight excluding hydrogens is 265 g/mol. The highest BCUT2D eigenvalue weighted by Crippen LogP contribution is 2.26. The minimum Gasteiger partial charge on any atom is -0.362 e. The first-order valence-corrected chi connectivity index (χ1v) is 6.89. The van der Waals surface area contributed by atoms with Crippen LogP contribution in [-0.2, 0) is 0 Å². The molecule has 1 aromatic heterocycles. The van der Waals surface area contributed by atoms with Crippen LogP contribution in [0.15, 0.2) is 48.5 Å². The fourth-order valence-corrected chi connectivity index (χ4v) is 2.41. The highest BCUT2D eigenvalue weighted by atomic mass is 19.1. The van der Waals surface area contributed by atoms with Gasteiger partial charge in [-0.25, -0.2) is 4.39 Å². The van der Waals surface area contributed by atoms with Crippen molar-refractivity contribution in [1.29, 1.82) is 0 Å². The predicted molar refractivity (Wildman–Crippen MR) is 82.7 cm³/mol. The molecule has 0 radical (unpaired) electrons. The van der Waals surface area contributed by atoms with Crippen molar-refractivity contribution in [2.45, 2.75) is 19.9 Å². The maximum absolute atomic E-state index is 13.3. The highest BCUT2D eigenvalue weighted by Gasteiger charge is 2.11. The average molecular weight is 281 g/mol. The van der Waals surface area contributed by atoms with Gasteiger partial charge >= 0.3 is 0 Å². The summed E-state index contributed by atoms with van der Waals surface area (Å²) in [5.41, 5.74) is 1.77. The summed E-state index contributed by atoms with van der Waals surface area (Å²) in [6.45, 7) is 3.92. The van der Waals surface area contributed by atoms with Crippen LogP contribution in [0.5, 0.6) is 0 Å². The molecule has 3 nitrogen and oxygen atoms in total. The van der Waals surface area contributed by atoms with Crippen LogP contribution in [0.2, 0.25) is 0 Å². The lowest BCUT2D eigenvalue weighted by atomic mass is 10.1. The van der Waals surface area contributed by atoms with E-state index in [1.54, 1.807) is 6.07 Å². The lowest BCUT2D eigenvalue weighted by molar-refractivity contribution is 0.623. The maximum atomic E-state index is 13.3. The Morgan fingerprint density at radius 3 is 2.52 bits per heavy atom. The van der Waals surface area contributed by atoms with Crippen molar-refractivity contribution in [3.8, 4) is 0 Å². The number of rotatable bonds is 3. The molecule has 0 saturated carbocycles. The normalized spacial score (nSPS) is 12.3. The first-order chi connectivity index (χ1) is 10.1. The zero-order valence-electron chi connectivity index (χ0n) is 12.0. The second-order valence-corrected chi connectivity index (χ2v) is 5.10. The van der Waals surface area contributed by atoms with Crippen molar-refractivity contribution in [2.24, 2.45) is 0 Å². The summed E-state index contributed by atoms with van der Waals surface area (Å²) < 4.78 is 13.3. The molecule has 1 heterocycles. The van der Waals surface area contributed by atoms with E-state index >= 15 is 0 Å². The quantitative estimate of drug-likeness (QED) is 0.780. The number of aromatic nitrogens is 2. The number of anilines is 1. The first-order valence-electron chi connectivity index (χ1n) is 6.89. The molecule has 0 aliphatic rings. The van der Waals surface area contributed by atoms with Crippen LogP contribution in [0, 0.1) is 12.7 Å². The van der Waals surface area contributed by atoms with Crippen LogP contribution < -0.4 is 5.32 Å². The molecule has 1 unspecified atom stereocenters. The van der Waals surface area contributed by atoms with Crippen molar-refractivity contribution >= 4 is 16.6 Å². The summed E-state index contributed by atoms with van der Waals surface area (Å²) in [4.78, 5) is 0. The zero-order valence-corrected chi connectivity index (χ0v) is 12.0. The standard InChI is InChI=1S/C17H16FN3/c1-11(13-6-5-7-14(18)10-13)19-17-16-9-4-3-8-15(16)12(2)20-21-17/h3-11H,1-2H3,(H,19,21). The van der Waals surface area contributed by atoms with E-state index in [-0.39, 0.29) is 11.9 Å². The lowest BCUT2D eigenvalue weighted by Gasteiger charge is -2.16. The molecule has 0 saturated heterocycles. The summed E-state index contributed by atoms with van der Waals surface area (Å²) in [7, 11) is 0. The van der Waals surface area contributed by atoms with Crippen molar-refractivity contribution < 1.29 is 4.39 Å². The van der Waals surface area contributed by atoms with Gasteiger partial charge in [0.15, 0.2) is 5.82 Å². The van der Waals surface area contributed by atoms with E-state index in [1.807, 2.05) is 44.2 Å². The molecule has 3 rings (SSSR count). The molecule has 1 atom stereocenters. The Labute approximate surface area is 122 Å². The summed E-state index contributed by atoms with van der Waals surface area (Å²) in [5.74, 6) is 0.481. The fraction of sp³-hybridized carbons (Fsp3) is 0.176. The molecule has 0 bridgehead atoms. The third-order valence-corrected chi connectivity index (χ3v) is 3.57. The van der Waals surface area contributed by atoms with Crippen LogP contribution >= 0.6 is 0 Å². The maximum Gasteiger partial charge on any atom is 0.157 e. The Morgan fingerprint density at radius 1 is 1.00 bits per heavy atom. The van der Waals surface area contributed by atoms with Gasteiger partial charge in [0.1, 0.15) is 5.82 Å². The van der Waals surface area contributed by atoms with Gasteiger partial charge in [-0.2, -0.15) is 5.10 Å². The third kappa shape index (κ3) is 2.70. The predicted octanol–water partition coefficient (Wildman–Crippen LogP) is 4.25. The zero-order chi connectivity index (χ0) is 14.8. The number of benzene rings is 2. The second-order valence-electron chi connectivity index (χ2n) is 5.10. The Kier molecular flexibility index (Phi) is 3.52. The number of fused-ring (bicyclic) bond motifs is 1. The van der Waals surface area contributed by atoms with Gasteiger partial charge in [0.05, 0.1) is 11.7 Å². The number of hydrogen-bond donors (Lipinski definition) is 1. The minimum atomic E-state index is -0.235. The first kappa shape index (κ1) is 13.5. The number of nitrogens with one attached hydrogen (secondary N) is 1. The van der Waals surface area contributed by atoms with E-state index < -0.39 is 0 Å². The third-order valence-electron chi connectivity index (χ3n) is 3.57. The Bertz CT molecular complexity index is 786. The highest BCUT2D eigenvalue weighted by molar-refractivity contribution is 5.92. The van der Waals surface area contributed by atoms with Crippen molar-refractivity contribution in [3.63, 3.8) is 0 Å². The molecule has 0 aliphatic carbocycles. The van der Waals surface area contributed by atoms with Crippen molar-refractivity contribution in [3.05, 3.63) is 65.6 Å². The second kappa shape index (κ2) is 5.48. The Morgan fingerprint density at radius 2 is 1.76 bits per heavy atom. The van der Waals surface area contributed by atoms with Crippen molar-refractivity contribution in [2.75, 3.05) is 5.32 Å². The van der Waals surface area contributed by atoms with E-state index in [0.29, 0.717) is 5.82 Å². The molecule has 0 fully saturated rings. The van der Waals surface area contributed by atoms with Crippen LogP contribution in [0.3, 0.4) is 0 Å². The number of halogens is 1. The van der Waals surface area contributed by atoms with E-state index in [4.69, 9.17) is 0 Å². The summed E-state index contributed by atoms with van der Waals surface area (Å²) >= 11 is 0. The van der Waals surface area contributed by atoms with Crippen LogP contribution in [0.1, 0.15) is 24.2 Å². The lowest BCUT2D eigenvalue weighted by Crippen LogP contribution is -2.09. The van der Waals surface area contributed by atoms with E-state index in [9.17, 15) is 4.39 Å². The summed E-state index contributed by atoms with van der Waals surface area (Å²) in [5, 5.41) is 13.8. The van der Waals surface area contributed by atoms with Crippen LogP contribution in [0.4, 0.5) is 10.2 Å². The molecule has 3 aromatic rings. The monoisotopic (exact) mass is 281 g/mol. The van der Waals surface area contributed by atoms with E-state index in [1.165, 1.54) is 12.1 Å². The molecule has 4 heteroatoms. The molecule has 0 spiro atoms. The van der Waals surface area contributed by atoms with Gasteiger partial charge in [0, 0.05) is 10.8 Å². The molecule has 21 heavy (non-hydrogen) atoms. The molecule has 2 aromatic carbocycles. The number of aryl methyl sites for hydroxylation is 1. The average Bonchev–Trinajstić information content (AvgIpc) is 2.50. The number of hydrogen-bond acceptors (Lipinski definition) is 3. The van der Waals surface area contributed by atoms with Gasteiger partial charge in [-0.1, -0.05) is 36.4 Å².